The van der Waals surface area contributed by atoms with Gasteiger partial charge in [0.1, 0.15) is 5.75 Å². The molecule has 0 aromatic heterocycles. The molecule has 2 aromatic rings. The first-order chi connectivity index (χ1) is 11.4. The molecule has 1 atom stereocenters. The molecule has 0 spiro atoms. The Kier molecular flexibility index (Phi) is 6.26. The summed E-state index contributed by atoms with van der Waals surface area (Å²) >= 11 is 3.38. The maximum atomic E-state index is 12.5. The zero-order valence-electron chi connectivity index (χ0n) is 14.5. The van der Waals surface area contributed by atoms with Crippen molar-refractivity contribution in [3.8, 4) is 5.75 Å². The van der Waals surface area contributed by atoms with E-state index in [-0.39, 0.29) is 5.91 Å². The lowest BCUT2D eigenvalue weighted by Crippen LogP contribution is -2.37. The van der Waals surface area contributed by atoms with Crippen molar-refractivity contribution in [2.75, 3.05) is 26.0 Å². The summed E-state index contributed by atoms with van der Waals surface area (Å²) in [4.78, 5) is 16.2. The van der Waals surface area contributed by atoms with Crippen LogP contribution in [0.5, 0.6) is 5.75 Å². The van der Waals surface area contributed by atoms with Crippen LogP contribution in [-0.4, -0.2) is 38.1 Å². The molecular weight excluding hydrogens is 368 g/mol. The topological polar surface area (TPSA) is 32.8 Å². The van der Waals surface area contributed by atoms with Gasteiger partial charge < -0.3 is 14.5 Å². The molecular formula is C19H23BrN2O2. The summed E-state index contributed by atoms with van der Waals surface area (Å²) < 4.78 is 6.70. The summed E-state index contributed by atoms with van der Waals surface area (Å²) in [5.41, 5.74) is 2.23. The number of carbonyl (C=O) groups excluding carboxylic acids is 1. The molecule has 24 heavy (non-hydrogen) atoms. The maximum absolute atomic E-state index is 12.5. The van der Waals surface area contributed by atoms with Gasteiger partial charge in [0.05, 0.1) is 0 Å². The molecule has 4 nitrogen and oxygen atoms in total. The fourth-order valence-corrected chi connectivity index (χ4v) is 2.59. The molecule has 0 aliphatic heterocycles. The highest BCUT2D eigenvalue weighted by molar-refractivity contribution is 9.10. The molecule has 0 heterocycles. The number of benzene rings is 2. The van der Waals surface area contributed by atoms with Crippen LogP contribution in [0.1, 0.15) is 12.5 Å². The fraction of sp³-hybridized carbons (Fsp3) is 0.316. The molecule has 128 valence electrons. The normalized spacial score (nSPS) is 11.7. The lowest BCUT2D eigenvalue weighted by Gasteiger charge is -2.22. The Morgan fingerprint density at radius 3 is 2.17 bits per heavy atom. The van der Waals surface area contributed by atoms with E-state index < -0.39 is 6.10 Å². The van der Waals surface area contributed by atoms with Gasteiger partial charge in [-0.05, 0) is 48.9 Å². The number of halogens is 1. The second kappa shape index (κ2) is 8.20. The number of hydrogen-bond acceptors (Lipinski definition) is 3. The smallest absolute Gasteiger partial charge is 0.263 e. The lowest BCUT2D eigenvalue weighted by molar-refractivity contribution is -0.137. The number of ether oxygens (including phenoxy) is 1. The molecule has 0 fully saturated rings. The zero-order chi connectivity index (χ0) is 17.7. The standard InChI is InChI=1S/C19H23BrN2O2/c1-14(24-18-11-7-16(20)8-12-18)19(23)22(4)13-15-5-9-17(10-6-15)21(2)3/h5-12,14H,13H2,1-4H3. The monoisotopic (exact) mass is 390 g/mol. The molecule has 2 rings (SSSR count). The molecule has 1 amide bonds. The summed E-state index contributed by atoms with van der Waals surface area (Å²) in [5.74, 6) is 0.636. The third kappa shape index (κ3) is 4.99. The summed E-state index contributed by atoms with van der Waals surface area (Å²) in [6.07, 6.45) is -0.530. The second-order valence-corrected chi connectivity index (χ2v) is 6.88. The van der Waals surface area contributed by atoms with Gasteiger partial charge >= 0.3 is 0 Å². The van der Waals surface area contributed by atoms with Crippen molar-refractivity contribution in [3.05, 3.63) is 58.6 Å². The van der Waals surface area contributed by atoms with Crippen LogP contribution in [0.3, 0.4) is 0 Å². The summed E-state index contributed by atoms with van der Waals surface area (Å²) in [6, 6.07) is 15.6. The molecule has 0 N–H and O–H groups in total. The quantitative estimate of drug-likeness (QED) is 0.748. The van der Waals surface area contributed by atoms with Crippen molar-refractivity contribution in [3.63, 3.8) is 0 Å². The highest BCUT2D eigenvalue weighted by Crippen LogP contribution is 2.18. The average Bonchev–Trinajstić information content (AvgIpc) is 2.56. The predicted molar refractivity (Wildman–Crippen MR) is 101 cm³/mol. The first-order valence-corrected chi connectivity index (χ1v) is 8.59. The van der Waals surface area contributed by atoms with Crippen molar-refractivity contribution in [1.29, 1.82) is 0 Å². The number of nitrogens with zero attached hydrogens (tertiary/aromatic N) is 2. The van der Waals surface area contributed by atoms with Crippen LogP contribution in [0.4, 0.5) is 5.69 Å². The molecule has 0 radical (unpaired) electrons. The predicted octanol–water partition coefficient (Wildman–Crippen LogP) is 3.94. The fourth-order valence-electron chi connectivity index (χ4n) is 2.33. The van der Waals surface area contributed by atoms with Crippen molar-refractivity contribution >= 4 is 27.5 Å². The first kappa shape index (κ1) is 18.3. The Hall–Kier alpha value is -2.01. The van der Waals surface area contributed by atoms with E-state index in [9.17, 15) is 4.79 Å². The second-order valence-electron chi connectivity index (χ2n) is 5.97. The van der Waals surface area contributed by atoms with E-state index in [1.54, 1.807) is 18.9 Å². The maximum Gasteiger partial charge on any atom is 0.263 e. The van der Waals surface area contributed by atoms with Gasteiger partial charge in [-0.2, -0.15) is 0 Å². The van der Waals surface area contributed by atoms with E-state index in [2.05, 4.69) is 28.1 Å². The number of hydrogen-bond donors (Lipinski definition) is 0. The van der Waals surface area contributed by atoms with E-state index in [1.807, 2.05) is 55.4 Å². The number of likely N-dealkylation sites (N-methyl/N-ethyl adjacent to an activating group) is 1. The Bertz CT molecular complexity index is 669. The van der Waals surface area contributed by atoms with Gasteiger partial charge in [-0.25, -0.2) is 0 Å². The van der Waals surface area contributed by atoms with Crippen LogP contribution in [0.25, 0.3) is 0 Å². The minimum absolute atomic E-state index is 0.0467. The van der Waals surface area contributed by atoms with Crippen LogP contribution < -0.4 is 9.64 Å². The van der Waals surface area contributed by atoms with Crippen molar-refractivity contribution < 1.29 is 9.53 Å². The highest BCUT2D eigenvalue weighted by Gasteiger charge is 2.19. The van der Waals surface area contributed by atoms with Gasteiger partial charge in [-0.1, -0.05) is 28.1 Å². The summed E-state index contributed by atoms with van der Waals surface area (Å²) in [7, 11) is 5.81. The van der Waals surface area contributed by atoms with Gasteiger partial charge in [0, 0.05) is 37.8 Å². The minimum Gasteiger partial charge on any atom is -0.481 e. The van der Waals surface area contributed by atoms with Gasteiger partial charge in [-0.15, -0.1) is 0 Å². The number of anilines is 1. The number of rotatable bonds is 6. The Balaban J connectivity index is 1.94. The third-order valence-electron chi connectivity index (χ3n) is 3.72. The third-order valence-corrected chi connectivity index (χ3v) is 4.25. The van der Waals surface area contributed by atoms with E-state index in [4.69, 9.17) is 4.74 Å². The molecule has 0 aliphatic carbocycles. The largest absolute Gasteiger partial charge is 0.481 e. The molecule has 2 aromatic carbocycles. The lowest BCUT2D eigenvalue weighted by atomic mass is 10.2. The SMILES string of the molecule is CC(Oc1ccc(Br)cc1)C(=O)N(C)Cc1ccc(N(C)C)cc1. The number of amides is 1. The Morgan fingerprint density at radius 1 is 1.04 bits per heavy atom. The van der Waals surface area contributed by atoms with Crippen molar-refractivity contribution in [2.24, 2.45) is 0 Å². The van der Waals surface area contributed by atoms with Crippen LogP contribution in [0.15, 0.2) is 53.0 Å². The zero-order valence-corrected chi connectivity index (χ0v) is 16.1. The Morgan fingerprint density at radius 2 is 1.62 bits per heavy atom. The van der Waals surface area contributed by atoms with Gasteiger partial charge in [0.25, 0.3) is 5.91 Å². The van der Waals surface area contributed by atoms with E-state index in [0.29, 0.717) is 12.3 Å². The number of carbonyl (C=O) groups is 1. The molecule has 0 saturated carbocycles. The van der Waals surface area contributed by atoms with Crippen molar-refractivity contribution in [1.82, 2.24) is 4.90 Å². The van der Waals surface area contributed by atoms with Gasteiger partial charge in [0.2, 0.25) is 0 Å². The van der Waals surface area contributed by atoms with E-state index in [1.165, 1.54) is 0 Å². The Labute approximate surface area is 152 Å². The highest BCUT2D eigenvalue weighted by atomic mass is 79.9. The summed E-state index contributed by atoms with van der Waals surface area (Å²) in [5, 5.41) is 0. The van der Waals surface area contributed by atoms with E-state index >= 15 is 0 Å². The molecule has 1 unspecified atom stereocenters. The van der Waals surface area contributed by atoms with Crippen LogP contribution in [-0.2, 0) is 11.3 Å². The molecule has 0 aliphatic rings. The van der Waals surface area contributed by atoms with Gasteiger partial charge in [0.15, 0.2) is 6.10 Å². The molecule has 5 heteroatoms. The van der Waals surface area contributed by atoms with Crippen LogP contribution in [0.2, 0.25) is 0 Å². The van der Waals surface area contributed by atoms with Crippen LogP contribution in [0, 0.1) is 0 Å². The minimum atomic E-state index is -0.530. The average molecular weight is 391 g/mol. The summed E-state index contributed by atoms with van der Waals surface area (Å²) in [6.45, 7) is 2.33. The van der Waals surface area contributed by atoms with Crippen molar-refractivity contribution in [2.45, 2.75) is 19.6 Å². The molecule has 0 bridgehead atoms. The van der Waals surface area contributed by atoms with Gasteiger partial charge in [-0.3, -0.25) is 4.79 Å². The van der Waals surface area contributed by atoms with E-state index in [0.717, 1.165) is 15.7 Å². The first-order valence-electron chi connectivity index (χ1n) is 7.80. The molecule has 0 saturated heterocycles. The van der Waals surface area contributed by atoms with Crippen LogP contribution >= 0.6 is 15.9 Å².